The van der Waals surface area contributed by atoms with E-state index in [1.165, 1.54) is 0 Å². The van der Waals surface area contributed by atoms with Crippen molar-refractivity contribution in [1.82, 2.24) is 10.2 Å². The Morgan fingerprint density at radius 2 is 2.00 bits per heavy atom. The van der Waals surface area contributed by atoms with Gasteiger partial charge in [0.2, 0.25) is 0 Å². The highest BCUT2D eigenvalue weighted by atomic mass is 16.1. The second-order valence-corrected chi connectivity index (χ2v) is 4.43. The third kappa shape index (κ3) is 3.40. The summed E-state index contributed by atoms with van der Waals surface area (Å²) in [6, 6.07) is 3.25. The number of hydrogen-bond donors (Lipinski definition) is 3. The van der Waals surface area contributed by atoms with Crippen LogP contribution in [0.5, 0.6) is 0 Å². The third-order valence-electron chi connectivity index (χ3n) is 3.49. The maximum absolute atomic E-state index is 10.9. The van der Waals surface area contributed by atoms with Gasteiger partial charge in [-0.1, -0.05) is 13.8 Å². The van der Waals surface area contributed by atoms with Gasteiger partial charge in [0.1, 0.15) is 5.82 Å². The van der Waals surface area contributed by atoms with Crippen molar-refractivity contribution in [1.29, 1.82) is 0 Å². The molecule has 18 heavy (non-hydrogen) atoms. The molecule has 6 heteroatoms. The van der Waals surface area contributed by atoms with Gasteiger partial charge in [-0.2, -0.15) is 0 Å². The van der Waals surface area contributed by atoms with Gasteiger partial charge < -0.3 is 16.8 Å². The molecule has 0 unspecified atom stereocenters. The summed E-state index contributed by atoms with van der Waals surface area (Å²) in [6.45, 7) is 5.61. The number of nitrogens with two attached hydrogens (primary N) is 2. The van der Waals surface area contributed by atoms with Crippen LogP contribution in [-0.2, 0) is 0 Å². The van der Waals surface area contributed by atoms with E-state index in [0.717, 1.165) is 19.4 Å². The molecular weight excluding hydrogens is 230 g/mol. The largest absolute Gasteiger partial charge is 0.368 e. The number of carbonyl (C=O) groups excluding carboxylic acids is 1. The van der Waals surface area contributed by atoms with Crippen molar-refractivity contribution < 1.29 is 4.79 Å². The number of nitrogens with zero attached hydrogens (tertiary/aromatic N) is 2. The van der Waals surface area contributed by atoms with E-state index in [1.54, 1.807) is 12.1 Å². The highest BCUT2D eigenvalue weighted by Crippen LogP contribution is 2.24. The van der Waals surface area contributed by atoms with Crippen molar-refractivity contribution in [2.75, 3.05) is 18.4 Å². The quantitative estimate of drug-likeness (QED) is 0.663. The third-order valence-corrected chi connectivity index (χ3v) is 3.49. The fraction of sp³-hybridized carbons (Fsp3) is 0.583. The molecule has 0 aliphatic rings. The minimum absolute atomic E-state index is 0.0735. The second-order valence-electron chi connectivity index (χ2n) is 4.43. The molecule has 0 aliphatic heterocycles. The Hall–Kier alpha value is -1.69. The van der Waals surface area contributed by atoms with Crippen LogP contribution in [0.1, 0.15) is 37.2 Å². The van der Waals surface area contributed by atoms with E-state index in [4.69, 9.17) is 11.5 Å². The van der Waals surface area contributed by atoms with Gasteiger partial charge in [-0.25, -0.2) is 0 Å². The molecule has 0 radical (unpaired) electrons. The van der Waals surface area contributed by atoms with Crippen LogP contribution in [0.4, 0.5) is 5.82 Å². The fourth-order valence-electron chi connectivity index (χ4n) is 1.70. The summed E-state index contributed by atoms with van der Waals surface area (Å²) in [5.41, 5.74) is 11.1. The predicted molar refractivity (Wildman–Crippen MR) is 71.1 cm³/mol. The minimum Gasteiger partial charge on any atom is -0.368 e. The number of hydrogen-bond acceptors (Lipinski definition) is 5. The highest BCUT2D eigenvalue weighted by Gasteiger charge is 2.24. The van der Waals surface area contributed by atoms with E-state index in [0.29, 0.717) is 12.4 Å². The molecular formula is C12H21N5O. The lowest BCUT2D eigenvalue weighted by Crippen LogP contribution is -2.36. The molecule has 0 aliphatic carbocycles. The van der Waals surface area contributed by atoms with Gasteiger partial charge >= 0.3 is 0 Å². The van der Waals surface area contributed by atoms with Gasteiger partial charge in [0, 0.05) is 6.54 Å². The number of primary amides is 1. The van der Waals surface area contributed by atoms with Crippen molar-refractivity contribution in [3.05, 3.63) is 17.8 Å². The van der Waals surface area contributed by atoms with E-state index in [-0.39, 0.29) is 11.1 Å². The van der Waals surface area contributed by atoms with Crippen LogP contribution in [-0.4, -0.2) is 29.2 Å². The standard InChI is InChI=1S/C12H21N5O/c1-3-12(4-2,7-13)8-15-10-6-5-9(11(14)18)16-17-10/h5-6H,3-4,7-8,13H2,1-2H3,(H2,14,18)(H,15,17). The van der Waals surface area contributed by atoms with E-state index in [1.807, 2.05) is 0 Å². The molecule has 0 saturated carbocycles. The van der Waals surface area contributed by atoms with Crippen LogP contribution in [0.3, 0.4) is 0 Å². The molecule has 5 N–H and O–H groups in total. The predicted octanol–water partition coefficient (Wildman–Crippen LogP) is 0.753. The number of rotatable bonds is 7. The molecule has 0 bridgehead atoms. The molecule has 0 atom stereocenters. The second kappa shape index (κ2) is 6.30. The van der Waals surface area contributed by atoms with E-state index in [2.05, 4.69) is 29.4 Å². The zero-order chi connectivity index (χ0) is 13.6. The highest BCUT2D eigenvalue weighted by molar-refractivity contribution is 5.90. The molecule has 1 aromatic heterocycles. The maximum Gasteiger partial charge on any atom is 0.269 e. The lowest BCUT2D eigenvalue weighted by molar-refractivity contribution is 0.0994. The Bertz CT molecular complexity index is 378. The molecule has 100 valence electrons. The first-order valence-corrected chi connectivity index (χ1v) is 6.14. The van der Waals surface area contributed by atoms with Gasteiger partial charge in [-0.3, -0.25) is 4.79 Å². The number of anilines is 1. The van der Waals surface area contributed by atoms with Gasteiger partial charge in [0.05, 0.1) is 0 Å². The Kier molecular flexibility index (Phi) is 5.03. The molecule has 1 rings (SSSR count). The van der Waals surface area contributed by atoms with Gasteiger partial charge in [-0.15, -0.1) is 10.2 Å². The van der Waals surface area contributed by atoms with Gasteiger partial charge in [0.25, 0.3) is 5.91 Å². The molecule has 0 saturated heterocycles. The summed E-state index contributed by atoms with van der Waals surface area (Å²) in [5, 5.41) is 10.8. The minimum atomic E-state index is -0.576. The Labute approximate surface area is 107 Å². The van der Waals surface area contributed by atoms with Crippen LogP contribution in [0, 0.1) is 5.41 Å². The Balaban J connectivity index is 2.65. The summed E-state index contributed by atoms with van der Waals surface area (Å²) in [5.74, 6) is 0.0483. The van der Waals surface area contributed by atoms with Gasteiger partial charge in [-0.05, 0) is 36.9 Å². The zero-order valence-electron chi connectivity index (χ0n) is 10.9. The molecule has 0 spiro atoms. The van der Waals surface area contributed by atoms with Crippen LogP contribution >= 0.6 is 0 Å². The van der Waals surface area contributed by atoms with Crippen molar-refractivity contribution in [2.24, 2.45) is 16.9 Å². The van der Waals surface area contributed by atoms with Crippen LogP contribution in [0.15, 0.2) is 12.1 Å². The number of carbonyl (C=O) groups is 1. The zero-order valence-corrected chi connectivity index (χ0v) is 10.9. The maximum atomic E-state index is 10.9. The SMILES string of the molecule is CCC(CC)(CN)CNc1ccc(C(N)=O)nn1. The Morgan fingerprint density at radius 1 is 1.33 bits per heavy atom. The molecule has 0 aromatic carbocycles. The number of aromatic nitrogens is 2. The average molecular weight is 251 g/mol. The monoisotopic (exact) mass is 251 g/mol. The van der Waals surface area contributed by atoms with Crippen molar-refractivity contribution >= 4 is 11.7 Å². The average Bonchev–Trinajstić information content (AvgIpc) is 2.41. The summed E-state index contributed by atoms with van der Waals surface area (Å²) in [7, 11) is 0. The molecule has 0 fully saturated rings. The van der Waals surface area contributed by atoms with Crippen molar-refractivity contribution in [3.8, 4) is 0 Å². The molecule has 1 heterocycles. The van der Waals surface area contributed by atoms with Crippen LogP contribution < -0.4 is 16.8 Å². The molecule has 1 aromatic rings. The fourth-order valence-corrected chi connectivity index (χ4v) is 1.70. The van der Waals surface area contributed by atoms with E-state index < -0.39 is 5.91 Å². The first-order valence-electron chi connectivity index (χ1n) is 6.14. The first-order chi connectivity index (χ1) is 8.56. The topological polar surface area (TPSA) is 107 Å². The van der Waals surface area contributed by atoms with E-state index in [9.17, 15) is 4.79 Å². The molecule has 6 nitrogen and oxygen atoms in total. The summed E-state index contributed by atoms with van der Waals surface area (Å²) >= 11 is 0. The first kappa shape index (κ1) is 14.4. The summed E-state index contributed by atoms with van der Waals surface area (Å²) in [6.07, 6.45) is 2.00. The van der Waals surface area contributed by atoms with Crippen LogP contribution in [0.25, 0.3) is 0 Å². The Morgan fingerprint density at radius 3 is 2.39 bits per heavy atom. The lowest BCUT2D eigenvalue weighted by Gasteiger charge is -2.30. The lowest BCUT2D eigenvalue weighted by atomic mass is 9.82. The van der Waals surface area contributed by atoms with Crippen LogP contribution in [0.2, 0.25) is 0 Å². The summed E-state index contributed by atoms with van der Waals surface area (Å²) < 4.78 is 0. The van der Waals surface area contributed by atoms with E-state index >= 15 is 0 Å². The number of amides is 1. The van der Waals surface area contributed by atoms with Gasteiger partial charge in [0.15, 0.2) is 5.69 Å². The molecule has 1 amide bonds. The van der Waals surface area contributed by atoms with Crippen molar-refractivity contribution in [3.63, 3.8) is 0 Å². The number of nitrogens with one attached hydrogen (secondary N) is 1. The van der Waals surface area contributed by atoms with Crippen molar-refractivity contribution in [2.45, 2.75) is 26.7 Å². The summed E-state index contributed by atoms with van der Waals surface area (Å²) in [4.78, 5) is 10.9. The normalized spacial score (nSPS) is 11.3. The smallest absolute Gasteiger partial charge is 0.269 e.